The number of hydrogen-bond acceptors (Lipinski definition) is 3. The molecule has 0 fully saturated rings. The molecule has 0 atom stereocenters. The lowest BCUT2D eigenvalue weighted by molar-refractivity contribution is -0.137. The number of benzene rings is 2. The number of aromatic nitrogens is 1. The number of pyridine rings is 1. The Labute approximate surface area is 138 Å². The molecule has 5 nitrogen and oxygen atoms in total. The maximum Gasteiger partial charge on any atom is 0.417 e. The van der Waals surface area contributed by atoms with Crippen LogP contribution in [0.1, 0.15) is 5.56 Å². The van der Waals surface area contributed by atoms with E-state index in [9.17, 15) is 22.8 Å². The Balaban J connectivity index is 2.18. The van der Waals surface area contributed by atoms with Crippen molar-refractivity contribution in [3.8, 4) is 17.0 Å². The number of primary amides is 1. The number of aromatic amines is 1. The minimum Gasteiger partial charge on any atom is -0.410 e. The molecule has 1 heterocycles. The molecule has 3 aromatic rings. The molecule has 0 saturated heterocycles. The number of ether oxygens (including phenoxy) is 1. The lowest BCUT2D eigenvalue weighted by Gasteiger charge is -2.13. The van der Waals surface area contributed by atoms with Gasteiger partial charge in [0.2, 0.25) is 0 Å². The highest BCUT2D eigenvalue weighted by atomic mass is 19.4. The van der Waals surface area contributed by atoms with Crippen LogP contribution in [0.15, 0.2) is 53.3 Å². The van der Waals surface area contributed by atoms with Gasteiger partial charge in [-0.2, -0.15) is 13.2 Å². The third-order valence-corrected chi connectivity index (χ3v) is 3.56. The summed E-state index contributed by atoms with van der Waals surface area (Å²) < 4.78 is 44.2. The number of carbonyl (C=O) groups excluding carboxylic acids is 1. The van der Waals surface area contributed by atoms with E-state index in [1.165, 1.54) is 42.5 Å². The van der Waals surface area contributed by atoms with Gasteiger partial charge in [0, 0.05) is 11.3 Å². The second kappa shape index (κ2) is 5.97. The molecule has 0 saturated carbocycles. The lowest BCUT2D eigenvalue weighted by Crippen LogP contribution is -2.16. The van der Waals surface area contributed by atoms with Crippen LogP contribution in [-0.4, -0.2) is 11.1 Å². The molecular weight excluding hydrogens is 337 g/mol. The second-order valence-electron chi connectivity index (χ2n) is 5.23. The van der Waals surface area contributed by atoms with E-state index >= 15 is 0 Å². The standard InChI is InChI=1S/C17H11F3N2O3/c18-17(19,20)13-4-2-1-3-11(13)14-7-9-5-6-10(25-16(21)24)8-12(9)15(23)22-14/h1-8H,(H2,21,24)(H,22,23). The number of H-pyrrole nitrogens is 1. The van der Waals surface area contributed by atoms with E-state index in [4.69, 9.17) is 10.5 Å². The van der Waals surface area contributed by atoms with Gasteiger partial charge in [0.1, 0.15) is 5.75 Å². The molecule has 0 radical (unpaired) electrons. The second-order valence-corrected chi connectivity index (χ2v) is 5.23. The molecule has 128 valence electrons. The molecule has 3 rings (SSSR count). The number of halogens is 3. The summed E-state index contributed by atoms with van der Waals surface area (Å²) in [5.41, 5.74) is 3.35. The van der Waals surface area contributed by atoms with Gasteiger partial charge in [0.05, 0.1) is 10.9 Å². The summed E-state index contributed by atoms with van der Waals surface area (Å²) in [4.78, 5) is 25.5. The number of nitrogens with one attached hydrogen (secondary N) is 1. The zero-order valence-corrected chi connectivity index (χ0v) is 12.6. The van der Waals surface area contributed by atoms with Gasteiger partial charge in [0.25, 0.3) is 5.56 Å². The summed E-state index contributed by atoms with van der Waals surface area (Å²) in [6.07, 6.45) is -5.59. The molecule has 0 unspecified atom stereocenters. The van der Waals surface area contributed by atoms with Gasteiger partial charge >= 0.3 is 12.3 Å². The molecule has 25 heavy (non-hydrogen) atoms. The molecule has 0 aliphatic carbocycles. The van der Waals surface area contributed by atoms with E-state index in [-0.39, 0.29) is 22.4 Å². The van der Waals surface area contributed by atoms with E-state index in [0.717, 1.165) is 6.07 Å². The maximum atomic E-state index is 13.2. The number of nitrogens with two attached hydrogens (primary N) is 1. The Morgan fingerprint density at radius 1 is 1.08 bits per heavy atom. The zero-order chi connectivity index (χ0) is 18.2. The number of rotatable bonds is 2. The van der Waals surface area contributed by atoms with Crippen LogP contribution in [0.25, 0.3) is 22.0 Å². The van der Waals surface area contributed by atoms with Crippen LogP contribution in [0.2, 0.25) is 0 Å². The number of alkyl halides is 3. The molecule has 1 aromatic heterocycles. The van der Waals surface area contributed by atoms with Crippen molar-refractivity contribution in [3.05, 3.63) is 64.4 Å². The first kappa shape index (κ1) is 16.6. The Bertz CT molecular complexity index is 1030. The molecule has 0 bridgehead atoms. The predicted molar refractivity (Wildman–Crippen MR) is 85.2 cm³/mol. The lowest BCUT2D eigenvalue weighted by atomic mass is 10.0. The van der Waals surface area contributed by atoms with Gasteiger partial charge in [0.15, 0.2) is 0 Å². The number of hydrogen-bond donors (Lipinski definition) is 2. The number of fused-ring (bicyclic) bond motifs is 1. The summed E-state index contributed by atoms with van der Waals surface area (Å²) in [7, 11) is 0. The van der Waals surface area contributed by atoms with Crippen molar-refractivity contribution in [2.45, 2.75) is 6.18 Å². The Morgan fingerprint density at radius 3 is 2.48 bits per heavy atom. The van der Waals surface area contributed by atoms with Crippen LogP contribution in [0.4, 0.5) is 18.0 Å². The van der Waals surface area contributed by atoms with Crippen molar-refractivity contribution < 1.29 is 22.7 Å². The highest BCUT2D eigenvalue weighted by Crippen LogP contribution is 2.36. The van der Waals surface area contributed by atoms with E-state index in [1.54, 1.807) is 0 Å². The first-order valence-corrected chi connectivity index (χ1v) is 7.06. The molecular formula is C17H11F3N2O3. The fourth-order valence-corrected chi connectivity index (χ4v) is 2.53. The predicted octanol–water partition coefficient (Wildman–Crippen LogP) is 3.67. The Morgan fingerprint density at radius 2 is 1.80 bits per heavy atom. The minimum atomic E-state index is -4.55. The van der Waals surface area contributed by atoms with E-state index in [0.29, 0.717) is 5.39 Å². The SMILES string of the molecule is NC(=O)Oc1ccc2cc(-c3ccccc3C(F)(F)F)[nH]c(=O)c2c1. The summed E-state index contributed by atoms with van der Waals surface area (Å²) in [6.45, 7) is 0. The van der Waals surface area contributed by atoms with E-state index in [2.05, 4.69) is 4.98 Å². The van der Waals surface area contributed by atoms with Gasteiger partial charge in [-0.15, -0.1) is 0 Å². The summed E-state index contributed by atoms with van der Waals surface area (Å²) >= 11 is 0. The van der Waals surface area contributed by atoms with Crippen LogP contribution < -0.4 is 16.0 Å². The average molecular weight is 348 g/mol. The highest BCUT2D eigenvalue weighted by Gasteiger charge is 2.33. The monoisotopic (exact) mass is 348 g/mol. The van der Waals surface area contributed by atoms with Crippen LogP contribution >= 0.6 is 0 Å². The summed E-state index contributed by atoms with van der Waals surface area (Å²) in [5.74, 6) is 0.0638. The van der Waals surface area contributed by atoms with Crippen molar-refractivity contribution >= 4 is 16.9 Å². The smallest absolute Gasteiger partial charge is 0.410 e. The minimum absolute atomic E-state index is 0.0361. The normalized spacial score (nSPS) is 11.5. The molecule has 0 aliphatic heterocycles. The summed E-state index contributed by atoms with van der Waals surface area (Å²) in [6, 6.07) is 10.5. The molecule has 2 aromatic carbocycles. The molecule has 3 N–H and O–H groups in total. The van der Waals surface area contributed by atoms with Gasteiger partial charge in [-0.25, -0.2) is 4.79 Å². The Hall–Kier alpha value is -3.29. The molecule has 0 spiro atoms. The summed E-state index contributed by atoms with van der Waals surface area (Å²) in [5, 5.41) is 0.555. The quantitative estimate of drug-likeness (QED) is 0.741. The van der Waals surface area contributed by atoms with Gasteiger partial charge < -0.3 is 15.5 Å². The van der Waals surface area contributed by atoms with Gasteiger partial charge in [-0.1, -0.05) is 24.3 Å². The first-order valence-electron chi connectivity index (χ1n) is 7.06. The van der Waals surface area contributed by atoms with Crippen LogP contribution in [0, 0.1) is 0 Å². The van der Waals surface area contributed by atoms with E-state index in [1.807, 2.05) is 0 Å². The van der Waals surface area contributed by atoms with Crippen molar-refractivity contribution in [3.63, 3.8) is 0 Å². The van der Waals surface area contributed by atoms with Crippen molar-refractivity contribution in [1.82, 2.24) is 4.98 Å². The fraction of sp³-hybridized carbons (Fsp3) is 0.0588. The van der Waals surface area contributed by atoms with Gasteiger partial charge in [-0.05, 0) is 29.7 Å². The number of amides is 1. The van der Waals surface area contributed by atoms with Crippen molar-refractivity contribution in [2.75, 3.05) is 0 Å². The fourth-order valence-electron chi connectivity index (χ4n) is 2.53. The van der Waals surface area contributed by atoms with Crippen molar-refractivity contribution in [2.24, 2.45) is 5.73 Å². The molecule has 0 aliphatic rings. The molecule has 1 amide bonds. The van der Waals surface area contributed by atoms with Crippen LogP contribution in [0.3, 0.4) is 0 Å². The van der Waals surface area contributed by atoms with Gasteiger partial charge in [-0.3, -0.25) is 4.79 Å². The largest absolute Gasteiger partial charge is 0.417 e. The molecule has 8 heteroatoms. The first-order chi connectivity index (χ1) is 11.8. The third-order valence-electron chi connectivity index (χ3n) is 3.56. The highest BCUT2D eigenvalue weighted by molar-refractivity contribution is 5.87. The zero-order valence-electron chi connectivity index (χ0n) is 12.6. The maximum absolute atomic E-state index is 13.2. The number of carbonyl (C=O) groups is 1. The third kappa shape index (κ3) is 3.32. The van der Waals surface area contributed by atoms with Crippen LogP contribution in [-0.2, 0) is 6.18 Å². The van der Waals surface area contributed by atoms with E-state index < -0.39 is 23.4 Å². The van der Waals surface area contributed by atoms with Crippen LogP contribution in [0.5, 0.6) is 5.75 Å². The van der Waals surface area contributed by atoms with Crippen molar-refractivity contribution in [1.29, 1.82) is 0 Å². The average Bonchev–Trinajstić information content (AvgIpc) is 2.54. The Kier molecular flexibility index (Phi) is 3.96. The topological polar surface area (TPSA) is 85.2 Å².